The van der Waals surface area contributed by atoms with Crippen molar-refractivity contribution in [3.8, 4) is 5.75 Å². The number of para-hydroxylation sites is 1. The van der Waals surface area contributed by atoms with Crippen molar-refractivity contribution >= 4 is 34.8 Å². The quantitative estimate of drug-likeness (QED) is 0.588. The highest BCUT2D eigenvalue weighted by molar-refractivity contribution is 6.40. The Bertz CT molecular complexity index is 979. The molecule has 3 rings (SSSR count). The van der Waals surface area contributed by atoms with Crippen molar-refractivity contribution in [1.29, 1.82) is 0 Å². The van der Waals surface area contributed by atoms with E-state index in [4.69, 9.17) is 32.5 Å². The third-order valence-corrected chi connectivity index (χ3v) is 4.75. The van der Waals surface area contributed by atoms with E-state index >= 15 is 0 Å². The maximum atomic E-state index is 12.7. The summed E-state index contributed by atoms with van der Waals surface area (Å²) in [4.78, 5) is 12.7. The Morgan fingerprint density at radius 2 is 1.85 bits per heavy atom. The van der Waals surface area contributed by atoms with E-state index in [0.717, 1.165) is 16.9 Å². The number of carbonyl (C=O) groups excluding carboxylic acids is 1. The van der Waals surface area contributed by atoms with E-state index in [1.807, 2.05) is 32.0 Å². The Hall–Kier alpha value is -2.50. The first kappa shape index (κ1) is 19.3. The summed E-state index contributed by atoms with van der Waals surface area (Å²) in [5, 5.41) is 7.23. The monoisotopic (exact) mass is 404 g/mol. The van der Waals surface area contributed by atoms with E-state index in [-0.39, 0.29) is 12.3 Å². The summed E-state index contributed by atoms with van der Waals surface area (Å²) in [6.45, 7) is 5.83. The van der Waals surface area contributed by atoms with E-state index < -0.39 is 5.91 Å². The number of hydrogen-bond acceptors (Lipinski definition) is 4. The average Bonchev–Trinajstić information content (AvgIpc) is 2.99. The van der Waals surface area contributed by atoms with Gasteiger partial charge < -0.3 is 14.6 Å². The molecule has 140 valence electrons. The Kier molecular flexibility index (Phi) is 5.73. The molecule has 0 atom stereocenters. The first-order valence-electron chi connectivity index (χ1n) is 8.27. The zero-order valence-electron chi connectivity index (χ0n) is 15.1. The topological polar surface area (TPSA) is 64.4 Å². The highest BCUT2D eigenvalue weighted by Crippen LogP contribution is 2.30. The van der Waals surface area contributed by atoms with Gasteiger partial charge in [-0.1, -0.05) is 46.6 Å². The zero-order chi connectivity index (χ0) is 19.6. The van der Waals surface area contributed by atoms with Crippen molar-refractivity contribution in [2.24, 2.45) is 0 Å². The van der Waals surface area contributed by atoms with Gasteiger partial charge in [0.2, 0.25) is 0 Å². The van der Waals surface area contributed by atoms with Crippen LogP contribution in [0.1, 0.15) is 32.9 Å². The predicted molar refractivity (Wildman–Crippen MR) is 106 cm³/mol. The minimum atomic E-state index is -0.471. The number of nitrogens with zero attached hydrogens (tertiary/aromatic N) is 1. The van der Waals surface area contributed by atoms with Crippen molar-refractivity contribution in [2.45, 2.75) is 27.4 Å². The first-order chi connectivity index (χ1) is 12.9. The Labute approximate surface area is 167 Å². The van der Waals surface area contributed by atoms with Crippen LogP contribution in [0.3, 0.4) is 0 Å². The number of aryl methyl sites for hydroxylation is 3. The molecule has 0 fully saturated rings. The predicted octanol–water partition coefficient (Wildman–Crippen LogP) is 5.74. The number of hydrogen-bond donors (Lipinski definition) is 1. The van der Waals surface area contributed by atoms with Crippen molar-refractivity contribution < 1.29 is 14.1 Å². The molecule has 0 spiro atoms. The van der Waals surface area contributed by atoms with Crippen molar-refractivity contribution in [1.82, 2.24) is 5.16 Å². The Balaban J connectivity index is 1.82. The third kappa shape index (κ3) is 4.26. The summed E-state index contributed by atoms with van der Waals surface area (Å²) in [5.41, 5.74) is 3.12. The lowest BCUT2D eigenvalue weighted by Crippen LogP contribution is -2.16. The molecule has 1 aromatic heterocycles. The Morgan fingerprint density at radius 1 is 1.15 bits per heavy atom. The molecular formula is C20H18Cl2N2O3. The number of rotatable bonds is 5. The molecule has 1 N–H and O–H groups in total. The minimum absolute atomic E-state index is 0.133. The molecule has 0 aliphatic carbocycles. The standard InChI is InChI=1S/C20H18Cl2N2O3/c1-11-7-8-12(2)17(9-11)26-10-14-13(3)27-24-18(14)20(25)23-19-15(21)5-4-6-16(19)22/h4-9H,10H2,1-3H3,(H,23,25). The first-order valence-corrected chi connectivity index (χ1v) is 9.03. The number of carbonyl (C=O) groups is 1. The van der Waals surface area contributed by atoms with Crippen LogP contribution in [-0.2, 0) is 6.61 Å². The lowest BCUT2D eigenvalue weighted by atomic mass is 10.1. The van der Waals surface area contributed by atoms with Crippen LogP contribution < -0.4 is 10.1 Å². The lowest BCUT2D eigenvalue weighted by Gasteiger charge is -2.11. The largest absolute Gasteiger partial charge is 0.488 e. The van der Waals surface area contributed by atoms with Gasteiger partial charge in [-0.3, -0.25) is 4.79 Å². The fraction of sp³-hybridized carbons (Fsp3) is 0.200. The number of anilines is 1. The average molecular weight is 405 g/mol. The normalized spacial score (nSPS) is 10.7. The molecule has 0 saturated carbocycles. The molecule has 1 amide bonds. The SMILES string of the molecule is Cc1ccc(C)c(OCc2c(C(=O)Nc3c(Cl)cccc3Cl)noc2C)c1. The molecule has 2 aromatic carbocycles. The molecule has 0 bridgehead atoms. The maximum absolute atomic E-state index is 12.7. The van der Waals surface area contributed by atoms with Crippen LogP contribution in [0.25, 0.3) is 0 Å². The van der Waals surface area contributed by atoms with Gasteiger partial charge in [0.05, 0.1) is 21.3 Å². The summed E-state index contributed by atoms with van der Waals surface area (Å²) in [5.74, 6) is 0.785. The molecular weight excluding hydrogens is 387 g/mol. The van der Waals surface area contributed by atoms with Crippen molar-refractivity contribution in [3.05, 3.63) is 74.6 Å². The fourth-order valence-corrected chi connectivity index (χ4v) is 3.03. The van der Waals surface area contributed by atoms with Gasteiger partial charge >= 0.3 is 0 Å². The van der Waals surface area contributed by atoms with E-state index in [1.165, 1.54) is 0 Å². The zero-order valence-corrected chi connectivity index (χ0v) is 16.6. The molecule has 0 aliphatic heterocycles. The lowest BCUT2D eigenvalue weighted by molar-refractivity contribution is 0.101. The van der Waals surface area contributed by atoms with Crippen molar-refractivity contribution in [2.75, 3.05) is 5.32 Å². The van der Waals surface area contributed by atoms with E-state index in [0.29, 0.717) is 27.1 Å². The van der Waals surface area contributed by atoms with Gasteiger partial charge in [0, 0.05) is 0 Å². The van der Waals surface area contributed by atoms with Gasteiger partial charge in [0.1, 0.15) is 18.1 Å². The minimum Gasteiger partial charge on any atom is -0.488 e. The number of ether oxygens (including phenoxy) is 1. The summed E-state index contributed by atoms with van der Waals surface area (Å²) in [6, 6.07) is 10.9. The van der Waals surface area contributed by atoms with Crippen molar-refractivity contribution in [3.63, 3.8) is 0 Å². The Morgan fingerprint density at radius 3 is 2.56 bits per heavy atom. The molecule has 7 heteroatoms. The molecule has 3 aromatic rings. The summed E-state index contributed by atoms with van der Waals surface area (Å²) >= 11 is 12.2. The van der Waals surface area contributed by atoms with Crippen LogP contribution >= 0.6 is 23.2 Å². The molecule has 0 aliphatic rings. The highest BCUT2D eigenvalue weighted by Gasteiger charge is 2.22. The second kappa shape index (κ2) is 8.03. The molecule has 1 heterocycles. The van der Waals surface area contributed by atoms with Crippen LogP contribution in [0.5, 0.6) is 5.75 Å². The molecule has 0 unspecified atom stereocenters. The number of halogens is 2. The summed E-state index contributed by atoms with van der Waals surface area (Å²) in [7, 11) is 0. The number of benzene rings is 2. The van der Waals surface area contributed by atoms with Gasteiger partial charge in [0.15, 0.2) is 5.69 Å². The number of nitrogens with one attached hydrogen (secondary N) is 1. The number of aromatic nitrogens is 1. The van der Waals surface area contributed by atoms with E-state index in [1.54, 1.807) is 25.1 Å². The fourth-order valence-electron chi connectivity index (χ4n) is 2.54. The van der Waals surface area contributed by atoms with Gasteiger partial charge in [-0.15, -0.1) is 0 Å². The molecule has 0 radical (unpaired) electrons. The second-order valence-corrected chi connectivity index (χ2v) is 6.99. The smallest absolute Gasteiger partial charge is 0.278 e. The summed E-state index contributed by atoms with van der Waals surface area (Å²) < 4.78 is 11.1. The van der Waals surface area contributed by atoms with E-state index in [9.17, 15) is 4.79 Å². The van der Waals surface area contributed by atoms with Crippen LogP contribution in [0.2, 0.25) is 10.0 Å². The van der Waals surface area contributed by atoms with Gasteiger partial charge in [-0.2, -0.15) is 0 Å². The van der Waals surface area contributed by atoms with Crippen LogP contribution in [-0.4, -0.2) is 11.1 Å². The molecule has 0 saturated heterocycles. The second-order valence-electron chi connectivity index (χ2n) is 6.17. The van der Waals surface area contributed by atoms with Crippen LogP contribution in [0.4, 0.5) is 5.69 Å². The number of amides is 1. The highest BCUT2D eigenvalue weighted by atomic mass is 35.5. The van der Waals surface area contributed by atoms with Gasteiger partial charge in [-0.25, -0.2) is 0 Å². The maximum Gasteiger partial charge on any atom is 0.278 e. The third-order valence-electron chi connectivity index (χ3n) is 4.12. The van der Waals surface area contributed by atoms with Crippen LogP contribution in [0, 0.1) is 20.8 Å². The molecule has 27 heavy (non-hydrogen) atoms. The van der Waals surface area contributed by atoms with Crippen LogP contribution in [0.15, 0.2) is 40.9 Å². The van der Waals surface area contributed by atoms with Gasteiger partial charge in [0.25, 0.3) is 5.91 Å². The van der Waals surface area contributed by atoms with E-state index in [2.05, 4.69) is 10.5 Å². The summed E-state index contributed by atoms with van der Waals surface area (Å²) in [6.07, 6.45) is 0. The molecule has 5 nitrogen and oxygen atoms in total. The van der Waals surface area contributed by atoms with Gasteiger partial charge in [-0.05, 0) is 50.1 Å².